The Morgan fingerprint density at radius 1 is 1.46 bits per heavy atom. The molecule has 9 heteroatoms. The van der Waals surface area contributed by atoms with Crippen LogP contribution in [-0.2, 0) is 14.8 Å². The van der Waals surface area contributed by atoms with Crippen LogP contribution in [0, 0.1) is 5.41 Å². The smallest absolute Gasteiger partial charge is 0.246 e. The number of sulfonamides is 1. The van der Waals surface area contributed by atoms with Crippen LogP contribution in [0.3, 0.4) is 0 Å². The summed E-state index contributed by atoms with van der Waals surface area (Å²) in [6.07, 6.45) is 0.719. The molecule has 1 aliphatic heterocycles. The molecule has 1 aliphatic rings. The summed E-state index contributed by atoms with van der Waals surface area (Å²) < 4.78 is 32.5. The Morgan fingerprint density at radius 3 is 2.62 bits per heavy atom. The number of nitrogens with zero attached hydrogens (tertiary/aromatic N) is 1. The molecule has 1 heterocycles. The number of carbonyl (C=O) groups is 1. The van der Waals surface area contributed by atoms with Gasteiger partial charge in [0.1, 0.15) is 10.6 Å². The van der Waals surface area contributed by atoms with Gasteiger partial charge in [-0.3, -0.25) is 4.79 Å². The Balaban J connectivity index is 0.00000288. The Bertz CT molecular complexity index is 711. The first-order valence-electron chi connectivity index (χ1n) is 7.38. The summed E-state index contributed by atoms with van der Waals surface area (Å²) in [6.45, 7) is 4.57. The van der Waals surface area contributed by atoms with Crippen molar-refractivity contribution in [3.8, 4) is 5.75 Å². The average Bonchev–Trinajstić information content (AvgIpc) is 2.90. The molecule has 24 heavy (non-hydrogen) atoms. The van der Waals surface area contributed by atoms with Crippen LogP contribution in [0.15, 0.2) is 23.1 Å². The van der Waals surface area contributed by atoms with Crippen LogP contribution in [0.2, 0.25) is 0 Å². The number of rotatable bonds is 5. The van der Waals surface area contributed by atoms with E-state index in [1.165, 1.54) is 30.5 Å². The molecular formula is C15H24ClN3O4S. The number of hydrogen-bond donors (Lipinski definition) is 2. The second-order valence-electron chi connectivity index (χ2n) is 6.15. The molecule has 1 saturated heterocycles. The molecular weight excluding hydrogens is 354 g/mol. The van der Waals surface area contributed by atoms with Crippen molar-refractivity contribution in [2.24, 2.45) is 11.1 Å². The van der Waals surface area contributed by atoms with Crippen molar-refractivity contribution in [2.75, 3.05) is 32.1 Å². The maximum absolute atomic E-state index is 12.9. The fraction of sp³-hybridized carbons (Fsp3) is 0.533. The van der Waals surface area contributed by atoms with Gasteiger partial charge in [-0.1, -0.05) is 6.92 Å². The van der Waals surface area contributed by atoms with E-state index < -0.39 is 10.0 Å². The number of benzene rings is 1. The summed E-state index contributed by atoms with van der Waals surface area (Å²) in [5.41, 5.74) is 5.96. The number of nitrogens with two attached hydrogens (primary N) is 1. The molecule has 7 nitrogen and oxygen atoms in total. The minimum absolute atomic E-state index is 0. The first-order chi connectivity index (χ1) is 10.7. The van der Waals surface area contributed by atoms with E-state index in [-0.39, 0.29) is 34.4 Å². The molecule has 1 unspecified atom stereocenters. The van der Waals surface area contributed by atoms with Gasteiger partial charge in [-0.2, -0.15) is 4.31 Å². The van der Waals surface area contributed by atoms with Gasteiger partial charge in [0.15, 0.2) is 0 Å². The molecule has 0 bridgehead atoms. The van der Waals surface area contributed by atoms with Gasteiger partial charge >= 0.3 is 0 Å². The molecule has 136 valence electrons. The maximum Gasteiger partial charge on any atom is 0.246 e. The van der Waals surface area contributed by atoms with Gasteiger partial charge in [-0.15, -0.1) is 12.4 Å². The minimum Gasteiger partial charge on any atom is -0.495 e. The van der Waals surface area contributed by atoms with E-state index in [0.717, 1.165) is 6.42 Å². The van der Waals surface area contributed by atoms with Crippen LogP contribution >= 0.6 is 12.4 Å². The predicted octanol–water partition coefficient (Wildman–Crippen LogP) is 1.43. The zero-order chi connectivity index (χ0) is 17.3. The van der Waals surface area contributed by atoms with Crippen LogP contribution in [0.4, 0.5) is 5.69 Å². The lowest BCUT2D eigenvalue weighted by Crippen LogP contribution is -2.34. The summed E-state index contributed by atoms with van der Waals surface area (Å²) in [6, 6.07) is 4.57. The number of methoxy groups -OCH3 is 1. The Morgan fingerprint density at radius 2 is 2.12 bits per heavy atom. The summed E-state index contributed by atoms with van der Waals surface area (Å²) in [7, 11) is -2.30. The first-order valence-corrected chi connectivity index (χ1v) is 8.82. The van der Waals surface area contributed by atoms with Crippen LogP contribution in [-0.4, -0.2) is 45.4 Å². The lowest BCUT2D eigenvalue weighted by atomic mass is 9.90. The van der Waals surface area contributed by atoms with Crippen molar-refractivity contribution >= 4 is 34.0 Å². The highest BCUT2D eigenvalue weighted by atomic mass is 35.5. The van der Waals surface area contributed by atoms with Gasteiger partial charge in [0.2, 0.25) is 15.9 Å². The third-order valence-electron chi connectivity index (χ3n) is 4.12. The molecule has 1 amide bonds. The molecule has 0 aromatic heterocycles. The van der Waals surface area contributed by atoms with Crippen molar-refractivity contribution in [1.29, 1.82) is 0 Å². The van der Waals surface area contributed by atoms with Crippen molar-refractivity contribution in [3.05, 3.63) is 18.2 Å². The Kier molecular flexibility index (Phi) is 6.63. The van der Waals surface area contributed by atoms with Gasteiger partial charge < -0.3 is 15.8 Å². The third-order valence-corrected chi connectivity index (χ3v) is 5.98. The molecule has 3 N–H and O–H groups in total. The number of nitrogens with one attached hydrogen (secondary N) is 1. The molecule has 0 aliphatic carbocycles. The van der Waals surface area contributed by atoms with Crippen molar-refractivity contribution in [1.82, 2.24) is 4.31 Å². The number of amides is 1. The zero-order valence-corrected chi connectivity index (χ0v) is 15.7. The van der Waals surface area contributed by atoms with E-state index in [9.17, 15) is 13.2 Å². The van der Waals surface area contributed by atoms with Gasteiger partial charge in [-0.25, -0.2) is 8.42 Å². The molecule has 0 spiro atoms. The van der Waals surface area contributed by atoms with E-state index in [2.05, 4.69) is 5.32 Å². The Hall–Kier alpha value is -1.35. The molecule has 1 aromatic rings. The van der Waals surface area contributed by atoms with E-state index in [0.29, 0.717) is 25.3 Å². The van der Waals surface area contributed by atoms with Crippen molar-refractivity contribution < 1.29 is 17.9 Å². The first kappa shape index (κ1) is 20.7. The standard InChI is InChI=1S/C15H23N3O4S.ClH/c1-11(19)17-12-4-5-13(22-3)14(8-12)23(20,21)18-7-6-15(2,9-16)10-18;/h4-5,8H,6-7,9-10,16H2,1-3H3,(H,17,19);1H. The summed E-state index contributed by atoms with van der Waals surface area (Å²) >= 11 is 0. The topological polar surface area (TPSA) is 102 Å². The fourth-order valence-electron chi connectivity index (χ4n) is 2.65. The average molecular weight is 378 g/mol. The van der Waals surface area contributed by atoms with Gasteiger partial charge in [0, 0.05) is 25.7 Å². The second-order valence-corrected chi connectivity index (χ2v) is 8.06. The number of halogens is 1. The number of ether oxygens (including phenoxy) is 1. The molecule has 1 fully saturated rings. The molecule has 0 saturated carbocycles. The zero-order valence-electron chi connectivity index (χ0n) is 14.0. The van der Waals surface area contributed by atoms with Gasteiger partial charge in [0.25, 0.3) is 0 Å². The van der Waals surface area contributed by atoms with Crippen LogP contribution in [0.5, 0.6) is 5.75 Å². The minimum atomic E-state index is -3.72. The summed E-state index contributed by atoms with van der Waals surface area (Å²) in [5, 5.41) is 2.59. The normalized spacial score (nSPS) is 21.2. The number of hydrogen-bond acceptors (Lipinski definition) is 5. The Labute approximate surface area is 149 Å². The van der Waals surface area contributed by atoms with Gasteiger partial charge in [0.05, 0.1) is 7.11 Å². The summed E-state index contributed by atoms with van der Waals surface area (Å²) in [5.74, 6) is -0.0177. The highest BCUT2D eigenvalue weighted by Crippen LogP contribution is 2.36. The fourth-order valence-corrected chi connectivity index (χ4v) is 4.42. The van der Waals surface area contributed by atoms with E-state index in [1.54, 1.807) is 6.07 Å². The second kappa shape index (κ2) is 7.69. The van der Waals surface area contributed by atoms with Crippen LogP contribution in [0.1, 0.15) is 20.3 Å². The number of carbonyl (C=O) groups excluding carboxylic acids is 1. The largest absolute Gasteiger partial charge is 0.495 e. The van der Waals surface area contributed by atoms with E-state index >= 15 is 0 Å². The molecule has 0 radical (unpaired) electrons. The van der Waals surface area contributed by atoms with E-state index in [4.69, 9.17) is 10.5 Å². The van der Waals surface area contributed by atoms with E-state index in [1.807, 2.05) is 6.92 Å². The van der Waals surface area contributed by atoms with Crippen LogP contribution in [0.25, 0.3) is 0 Å². The van der Waals surface area contributed by atoms with Crippen molar-refractivity contribution in [3.63, 3.8) is 0 Å². The SMILES string of the molecule is COc1ccc(NC(C)=O)cc1S(=O)(=O)N1CCC(C)(CN)C1.Cl. The lowest BCUT2D eigenvalue weighted by molar-refractivity contribution is -0.114. The highest BCUT2D eigenvalue weighted by molar-refractivity contribution is 7.89. The third kappa shape index (κ3) is 4.18. The predicted molar refractivity (Wildman–Crippen MR) is 95.1 cm³/mol. The quantitative estimate of drug-likeness (QED) is 0.808. The molecule has 1 aromatic carbocycles. The summed E-state index contributed by atoms with van der Waals surface area (Å²) in [4.78, 5) is 11.2. The van der Waals surface area contributed by atoms with Crippen molar-refractivity contribution in [2.45, 2.75) is 25.2 Å². The monoisotopic (exact) mass is 377 g/mol. The maximum atomic E-state index is 12.9. The van der Waals surface area contributed by atoms with Gasteiger partial charge in [-0.05, 0) is 36.6 Å². The number of anilines is 1. The lowest BCUT2D eigenvalue weighted by Gasteiger charge is -2.23. The molecule has 2 rings (SSSR count). The molecule has 1 atom stereocenters. The highest BCUT2D eigenvalue weighted by Gasteiger charge is 2.40. The van der Waals surface area contributed by atoms with Crippen LogP contribution < -0.4 is 15.8 Å².